The van der Waals surface area contributed by atoms with Crippen LogP contribution in [-0.2, 0) is 6.18 Å². The van der Waals surface area contributed by atoms with Gasteiger partial charge in [0, 0.05) is 0 Å². The van der Waals surface area contributed by atoms with Gasteiger partial charge in [0.2, 0.25) is 0 Å². The van der Waals surface area contributed by atoms with E-state index in [4.69, 9.17) is 5.11 Å². The molecule has 104 valence electrons. The number of aromatic carboxylic acids is 1. The predicted molar refractivity (Wildman–Crippen MR) is 68.6 cm³/mol. The fraction of sp³-hybridized carbons (Fsp3) is 0.133. The molecule has 2 rings (SSSR count). The molecule has 0 aliphatic heterocycles. The molecular weight excluding hydrogens is 269 g/mol. The lowest BCUT2D eigenvalue weighted by molar-refractivity contribution is -0.137. The van der Waals surface area contributed by atoms with E-state index < -0.39 is 17.7 Å². The summed E-state index contributed by atoms with van der Waals surface area (Å²) in [4.78, 5) is 11.2. The molecule has 0 aliphatic carbocycles. The van der Waals surface area contributed by atoms with Gasteiger partial charge in [-0.15, -0.1) is 0 Å². The molecule has 0 fully saturated rings. The third-order valence-electron chi connectivity index (χ3n) is 2.93. The van der Waals surface area contributed by atoms with Crippen molar-refractivity contribution in [2.75, 3.05) is 0 Å². The van der Waals surface area contributed by atoms with Crippen LogP contribution in [0.3, 0.4) is 0 Å². The predicted octanol–water partition coefficient (Wildman–Crippen LogP) is 4.38. The minimum Gasteiger partial charge on any atom is -0.478 e. The third-order valence-corrected chi connectivity index (χ3v) is 2.93. The molecule has 2 aromatic rings. The fourth-order valence-electron chi connectivity index (χ4n) is 1.93. The number of carbonyl (C=O) groups is 1. The van der Waals surface area contributed by atoms with Crippen molar-refractivity contribution in [2.24, 2.45) is 0 Å². The molecule has 0 aliphatic rings. The average Bonchev–Trinajstić information content (AvgIpc) is 2.37. The quantitative estimate of drug-likeness (QED) is 0.886. The van der Waals surface area contributed by atoms with Crippen LogP contribution in [0.25, 0.3) is 11.1 Å². The summed E-state index contributed by atoms with van der Waals surface area (Å²) in [6, 6.07) is 9.26. The van der Waals surface area contributed by atoms with Crippen molar-refractivity contribution in [3.8, 4) is 11.1 Å². The van der Waals surface area contributed by atoms with Crippen LogP contribution >= 0.6 is 0 Å². The lowest BCUT2D eigenvalue weighted by Gasteiger charge is -2.10. The first kappa shape index (κ1) is 14.1. The van der Waals surface area contributed by atoms with Gasteiger partial charge in [-0.05, 0) is 36.2 Å². The van der Waals surface area contributed by atoms with E-state index in [1.165, 1.54) is 18.2 Å². The van der Waals surface area contributed by atoms with E-state index in [1.54, 1.807) is 19.1 Å². The molecule has 5 heteroatoms. The fourth-order valence-corrected chi connectivity index (χ4v) is 1.93. The van der Waals surface area contributed by atoms with Crippen LogP contribution in [0.4, 0.5) is 13.2 Å². The van der Waals surface area contributed by atoms with Crippen molar-refractivity contribution >= 4 is 5.97 Å². The SMILES string of the molecule is Cc1ccc(-c2ccc(C(F)(F)F)cc2)c(C(=O)O)c1. The number of benzene rings is 2. The van der Waals surface area contributed by atoms with E-state index in [9.17, 15) is 18.0 Å². The molecule has 0 radical (unpaired) electrons. The number of alkyl halides is 3. The molecule has 0 saturated heterocycles. The summed E-state index contributed by atoms with van der Waals surface area (Å²) < 4.78 is 37.5. The van der Waals surface area contributed by atoms with Crippen molar-refractivity contribution < 1.29 is 23.1 Å². The second-order valence-electron chi connectivity index (χ2n) is 4.43. The summed E-state index contributed by atoms with van der Waals surface area (Å²) in [5, 5.41) is 9.16. The highest BCUT2D eigenvalue weighted by Crippen LogP contribution is 2.32. The Kier molecular flexibility index (Phi) is 3.53. The van der Waals surface area contributed by atoms with Crippen LogP contribution in [-0.4, -0.2) is 11.1 Å². The summed E-state index contributed by atoms with van der Waals surface area (Å²) in [6.07, 6.45) is -4.40. The zero-order valence-corrected chi connectivity index (χ0v) is 10.5. The third kappa shape index (κ3) is 2.82. The smallest absolute Gasteiger partial charge is 0.416 e. The molecule has 0 aromatic heterocycles. The minimum atomic E-state index is -4.40. The highest BCUT2D eigenvalue weighted by molar-refractivity contribution is 5.96. The van der Waals surface area contributed by atoms with E-state index in [0.29, 0.717) is 11.1 Å². The van der Waals surface area contributed by atoms with Gasteiger partial charge in [0.1, 0.15) is 0 Å². The Labute approximate surface area is 113 Å². The topological polar surface area (TPSA) is 37.3 Å². The molecule has 1 N–H and O–H groups in total. The number of aryl methyl sites for hydroxylation is 1. The normalized spacial score (nSPS) is 11.4. The highest BCUT2D eigenvalue weighted by atomic mass is 19.4. The van der Waals surface area contributed by atoms with Crippen LogP contribution in [0.2, 0.25) is 0 Å². The number of carboxylic acid groups (broad SMARTS) is 1. The van der Waals surface area contributed by atoms with Crippen molar-refractivity contribution in [2.45, 2.75) is 13.1 Å². The maximum absolute atomic E-state index is 12.5. The average molecular weight is 280 g/mol. The zero-order chi connectivity index (χ0) is 14.9. The van der Waals surface area contributed by atoms with Gasteiger partial charge in [-0.2, -0.15) is 13.2 Å². The van der Waals surface area contributed by atoms with Crippen LogP contribution in [0.1, 0.15) is 21.5 Å². The van der Waals surface area contributed by atoms with Crippen molar-refractivity contribution in [1.29, 1.82) is 0 Å². The van der Waals surface area contributed by atoms with Crippen molar-refractivity contribution in [3.05, 3.63) is 59.2 Å². The largest absolute Gasteiger partial charge is 0.478 e. The van der Waals surface area contributed by atoms with Crippen LogP contribution in [0.5, 0.6) is 0 Å². The molecule has 0 spiro atoms. The van der Waals surface area contributed by atoms with Crippen LogP contribution in [0, 0.1) is 6.92 Å². The second-order valence-corrected chi connectivity index (χ2v) is 4.43. The Morgan fingerprint density at radius 3 is 2.15 bits per heavy atom. The molecule has 0 heterocycles. The Balaban J connectivity index is 2.50. The number of halogens is 3. The Morgan fingerprint density at radius 2 is 1.65 bits per heavy atom. The first-order valence-electron chi connectivity index (χ1n) is 5.80. The highest BCUT2D eigenvalue weighted by Gasteiger charge is 2.30. The summed E-state index contributed by atoms with van der Waals surface area (Å²) in [6.45, 7) is 1.75. The van der Waals surface area contributed by atoms with Crippen molar-refractivity contribution in [3.63, 3.8) is 0 Å². The molecule has 20 heavy (non-hydrogen) atoms. The van der Waals surface area contributed by atoms with Gasteiger partial charge in [0.05, 0.1) is 11.1 Å². The molecule has 0 unspecified atom stereocenters. The van der Waals surface area contributed by atoms with Gasteiger partial charge in [0.15, 0.2) is 0 Å². The first-order valence-corrected chi connectivity index (χ1v) is 5.80. The minimum absolute atomic E-state index is 0.0739. The van der Waals surface area contributed by atoms with E-state index in [2.05, 4.69) is 0 Å². The van der Waals surface area contributed by atoms with E-state index in [-0.39, 0.29) is 5.56 Å². The van der Waals surface area contributed by atoms with Gasteiger partial charge in [-0.3, -0.25) is 0 Å². The number of carboxylic acids is 1. The summed E-state index contributed by atoms with van der Waals surface area (Å²) in [5.74, 6) is -1.11. The second kappa shape index (κ2) is 5.00. The van der Waals surface area contributed by atoms with Crippen molar-refractivity contribution in [1.82, 2.24) is 0 Å². The summed E-state index contributed by atoms with van der Waals surface area (Å²) >= 11 is 0. The van der Waals surface area contributed by atoms with E-state index in [1.807, 2.05) is 0 Å². The Hall–Kier alpha value is -2.30. The monoisotopic (exact) mass is 280 g/mol. The maximum Gasteiger partial charge on any atom is 0.416 e. The summed E-state index contributed by atoms with van der Waals surface area (Å²) in [7, 11) is 0. The van der Waals surface area contributed by atoms with Gasteiger partial charge in [-0.25, -0.2) is 4.79 Å². The lowest BCUT2D eigenvalue weighted by Crippen LogP contribution is -2.04. The number of hydrogen-bond donors (Lipinski definition) is 1. The molecule has 0 amide bonds. The van der Waals surface area contributed by atoms with Gasteiger partial charge < -0.3 is 5.11 Å². The first-order chi connectivity index (χ1) is 9.29. The van der Waals surface area contributed by atoms with Crippen LogP contribution in [0.15, 0.2) is 42.5 Å². The van der Waals surface area contributed by atoms with Gasteiger partial charge >= 0.3 is 12.1 Å². The van der Waals surface area contributed by atoms with Gasteiger partial charge in [0.25, 0.3) is 0 Å². The van der Waals surface area contributed by atoms with E-state index in [0.717, 1.165) is 17.7 Å². The lowest BCUT2D eigenvalue weighted by atomic mass is 9.97. The Morgan fingerprint density at radius 1 is 1.05 bits per heavy atom. The zero-order valence-electron chi connectivity index (χ0n) is 10.5. The summed E-state index contributed by atoms with van der Waals surface area (Å²) in [5.41, 5.74) is 0.931. The van der Waals surface area contributed by atoms with Crippen LogP contribution < -0.4 is 0 Å². The number of rotatable bonds is 2. The molecule has 2 aromatic carbocycles. The number of hydrogen-bond acceptors (Lipinski definition) is 1. The standard InChI is InChI=1S/C15H11F3O2/c1-9-2-7-12(13(8-9)14(19)20)10-3-5-11(6-4-10)15(16,17)18/h2-8H,1H3,(H,19,20). The van der Waals surface area contributed by atoms with E-state index >= 15 is 0 Å². The molecule has 0 bridgehead atoms. The molecule has 0 atom stereocenters. The maximum atomic E-state index is 12.5. The molecule has 2 nitrogen and oxygen atoms in total. The van der Waals surface area contributed by atoms with Gasteiger partial charge in [-0.1, -0.05) is 29.8 Å². The Bertz CT molecular complexity index is 643. The molecule has 0 saturated carbocycles. The molecular formula is C15H11F3O2.